The van der Waals surface area contributed by atoms with Crippen molar-refractivity contribution >= 4 is 18.4 Å². The van der Waals surface area contributed by atoms with Crippen molar-refractivity contribution < 1.29 is 49.2 Å². The molecule has 0 rings (SSSR count). The van der Waals surface area contributed by atoms with E-state index in [-0.39, 0.29) is 54.4 Å². The molecule has 0 aliphatic carbocycles. The topological polar surface area (TPSA) is 112 Å². The molecule has 0 saturated carbocycles. The molecule has 0 spiro atoms. The quantitative estimate of drug-likeness (QED) is 0.213. The van der Waals surface area contributed by atoms with Crippen LogP contribution in [0.2, 0.25) is 0 Å². The van der Waals surface area contributed by atoms with Gasteiger partial charge in [0.2, 0.25) is 0 Å². The minimum absolute atomic E-state index is 0. The standard InChI is InChI=1S/2C7H12O2.CH4O.CHO.Ru/c2*1-5(2)7(9)4-6(3)8;2*1-2;/h2*4-5,8H,1-3H3;2H,1H3;1H;/q;;;-1;+1. The number of ketones is 2. The molecule has 0 aromatic rings. The van der Waals surface area contributed by atoms with Gasteiger partial charge < -0.3 is 20.1 Å². The van der Waals surface area contributed by atoms with E-state index in [0.29, 0.717) is 0 Å². The Morgan fingerprint density at radius 1 is 0.783 bits per heavy atom. The molecule has 0 atom stereocenters. The van der Waals surface area contributed by atoms with Gasteiger partial charge in [-0.05, 0) is 13.8 Å². The van der Waals surface area contributed by atoms with E-state index in [1.54, 1.807) is 27.7 Å². The Labute approximate surface area is 152 Å². The van der Waals surface area contributed by atoms with Crippen molar-refractivity contribution in [3.05, 3.63) is 23.7 Å². The molecule has 0 aliphatic heterocycles. The van der Waals surface area contributed by atoms with Gasteiger partial charge in [-0.1, -0.05) is 27.7 Å². The minimum Gasteiger partial charge on any atom is -0.545 e. The van der Waals surface area contributed by atoms with E-state index in [1.165, 1.54) is 26.0 Å². The fourth-order valence-corrected chi connectivity index (χ4v) is 0.745. The molecule has 0 aromatic heterocycles. The van der Waals surface area contributed by atoms with E-state index in [1.807, 2.05) is 0 Å². The third kappa shape index (κ3) is 33.5. The van der Waals surface area contributed by atoms with E-state index >= 15 is 0 Å². The van der Waals surface area contributed by atoms with Crippen LogP contribution in [-0.4, -0.2) is 40.8 Å². The number of aliphatic hydroxyl groups excluding tert-OH is 3. The molecular formula is C16H29O6Ru. The van der Waals surface area contributed by atoms with Crippen LogP contribution in [0, 0.1) is 11.8 Å². The zero-order chi connectivity index (χ0) is 18.9. The molecule has 0 unspecified atom stereocenters. The fourth-order valence-electron chi connectivity index (χ4n) is 0.745. The minimum atomic E-state index is -0.0324. The Bertz CT molecular complexity index is 318. The number of hydrogen-bond donors (Lipinski definition) is 3. The molecule has 3 N–H and O–H groups in total. The molecular weight excluding hydrogens is 389 g/mol. The third-order valence-electron chi connectivity index (χ3n) is 1.84. The Kier molecular flexibility index (Phi) is 33.2. The summed E-state index contributed by atoms with van der Waals surface area (Å²) in [6.07, 6.45) is 2.48. The summed E-state index contributed by atoms with van der Waals surface area (Å²) in [5.74, 6) is 0.0478. The Morgan fingerprint density at radius 2 is 0.957 bits per heavy atom. The zero-order valence-corrected chi connectivity index (χ0v) is 16.5. The Balaban J connectivity index is -0.0000000743. The summed E-state index contributed by atoms with van der Waals surface area (Å²) in [5.41, 5.74) is 0. The van der Waals surface area contributed by atoms with Crippen LogP contribution in [0.5, 0.6) is 0 Å². The predicted molar refractivity (Wildman–Crippen MR) is 87.4 cm³/mol. The SMILES string of the molecule is CC(O)=CC(=O)C(C)C.CC(O)=CC(=O)C(C)C.CO.[CH-]=O.[Ru+]. The second-order valence-corrected chi connectivity index (χ2v) is 4.69. The summed E-state index contributed by atoms with van der Waals surface area (Å²) >= 11 is 0. The summed E-state index contributed by atoms with van der Waals surface area (Å²) in [6, 6.07) is 0. The second kappa shape index (κ2) is 22.9. The molecule has 23 heavy (non-hydrogen) atoms. The van der Waals surface area contributed by atoms with Crippen LogP contribution in [0.4, 0.5) is 0 Å². The molecule has 0 amide bonds. The largest absolute Gasteiger partial charge is 1.00 e. The maximum atomic E-state index is 10.7. The molecule has 1 radical (unpaired) electrons. The van der Waals surface area contributed by atoms with E-state index in [4.69, 9.17) is 20.1 Å². The molecule has 7 heteroatoms. The van der Waals surface area contributed by atoms with Crippen molar-refractivity contribution in [1.82, 2.24) is 0 Å². The Morgan fingerprint density at radius 3 is 1.00 bits per heavy atom. The first-order valence-corrected chi connectivity index (χ1v) is 6.58. The van der Waals surface area contributed by atoms with Crippen molar-refractivity contribution in [3.63, 3.8) is 0 Å². The van der Waals surface area contributed by atoms with Crippen molar-refractivity contribution in [1.29, 1.82) is 0 Å². The smallest absolute Gasteiger partial charge is 0.545 e. The number of allylic oxidation sites excluding steroid dienone is 4. The first-order chi connectivity index (χ1) is 10.1. The van der Waals surface area contributed by atoms with E-state index in [2.05, 4.69) is 6.79 Å². The molecule has 137 valence electrons. The van der Waals surface area contributed by atoms with Crippen LogP contribution in [0.25, 0.3) is 0 Å². The maximum absolute atomic E-state index is 10.7. The average Bonchev–Trinajstić information content (AvgIpc) is 2.42. The van der Waals surface area contributed by atoms with Crippen molar-refractivity contribution in [2.75, 3.05) is 7.11 Å². The van der Waals surface area contributed by atoms with Crippen LogP contribution in [-0.2, 0) is 33.9 Å². The number of carbonyl (C=O) groups excluding carboxylic acids is 3. The van der Waals surface area contributed by atoms with Gasteiger partial charge in [0.1, 0.15) is 0 Å². The van der Waals surface area contributed by atoms with Gasteiger partial charge in [-0.3, -0.25) is 16.4 Å². The van der Waals surface area contributed by atoms with Gasteiger partial charge in [0.15, 0.2) is 11.6 Å². The molecule has 0 bridgehead atoms. The number of carbonyl (C=O) groups is 2. The summed E-state index contributed by atoms with van der Waals surface area (Å²) in [7, 11) is 1.00. The van der Waals surface area contributed by atoms with Crippen molar-refractivity contribution in [3.8, 4) is 0 Å². The van der Waals surface area contributed by atoms with Crippen LogP contribution < -0.4 is 0 Å². The molecule has 0 aliphatic rings. The van der Waals surface area contributed by atoms with Gasteiger partial charge in [0.05, 0.1) is 11.5 Å². The maximum Gasteiger partial charge on any atom is 1.00 e. The molecule has 0 aromatic carbocycles. The molecule has 6 nitrogen and oxygen atoms in total. The summed E-state index contributed by atoms with van der Waals surface area (Å²) in [6.45, 7) is 13.4. The van der Waals surface area contributed by atoms with Crippen molar-refractivity contribution in [2.45, 2.75) is 41.5 Å². The number of rotatable bonds is 4. The van der Waals surface area contributed by atoms with E-state index < -0.39 is 0 Å². The first-order valence-electron chi connectivity index (χ1n) is 6.58. The monoisotopic (exact) mass is 419 g/mol. The van der Waals surface area contributed by atoms with Gasteiger partial charge in [-0.15, -0.1) is 0 Å². The normalized spacial score (nSPS) is 10.0. The zero-order valence-electron chi connectivity index (χ0n) is 14.8. The predicted octanol–water partition coefficient (Wildman–Crippen LogP) is 2.68. The van der Waals surface area contributed by atoms with Crippen LogP contribution >= 0.6 is 0 Å². The van der Waals surface area contributed by atoms with Gasteiger partial charge >= 0.3 is 19.5 Å². The van der Waals surface area contributed by atoms with Crippen molar-refractivity contribution in [2.24, 2.45) is 11.8 Å². The van der Waals surface area contributed by atoms with Gasteiger partial charge in [0, 0.05) is 31.1 Å². The van der Waals surface area contributed by atoms with Gasteiger partial charge in [-0.25, -0.2) is 0 Å². The average molecular weight is 418 g/mol. The van der Waals surface area contributed by atoms with Crippen LogP contribution in [0.3, 0.4) is 0 Å². The molecule has 0 fully saturated rings. The second-order valence-electron chi connectivity index (χ2n) is 4.69. The van der Waals surface area contributed by atoms with Crippen LogP contribution in [0.15, 0.2) is 23.7 Å². The Hall–Kier alpha value is -1.33. The third-order valence-corrected chi connectivity index (χ3v) is 1.84. The van der Waals surface area contributed by atoms with E-state index in [0.717, 1.165) is 7.11 Å². The first kappa shape index (κ1) is 33.3. The van der Waals surface area contributed by atoms with Gasteiger partial charge in [-0.2, -0.15) is 0 Å². The molecule has 0 saturated heterocycles. The van der Waals surface area contributed by atoms with E-state index in [9.17, 15) is 9.59 Å². The summed E-state index contributed by atoms with van der Waals surface area (Å²) in [4.78, 5) is 29.2. The fraction of sp³-hybridized carbons (Fsp3) is 0.562. The molecule has 0 heterocycles. The van der Waals surface area contributed by atoms with Crippen LogP contribution in [0.1, 0.15) is 41.5 Å². The number of hydrogen-bond acceptors (Lipinski definition) is 6. The summed E-state index contributed by atoms with van der Waals surface area (Å²) < 4.78 is 0. The van der Waals surface area contributed by atoms with Gasteiger partial charge in [0.25, 0.3) is 0 Å². The summed E-state index contributed by atoms with van der Waals surface area (Å²) in [5, 5.41) is 24.2. The number of aliphatic hydroxyl groups is 3.